The Morgan fingerprint density at radius 2 is 2.12 bits per heavy atom. The molecule has 1 atom stereocenters. The Morgan fingerprint density at radius 1 is 1.24 bits per heavy atom. The molecule has 0 aromatic heterocycles. The molecule has 2 fully saturated rings. The van der Waals surface area contributed by atoms with Gasteiger partial charge in [-0.25, -0.2) is 0 Å². The molecule has 3 rings (SSSR count). The molecule has 1 saturated carbocycles. The van der Waals surface area contributed by atoms with Crippen molar-refractivity contribution in [3.8, 4) is 0 Å². The summed E-state index contributed by atoms with van der Waals surface area (Å²) in [7, 11) is 0. The van der Waals surface area contributed by atoms with Gasteiger partial charge in [0.1, 0.15) is 0 Å². The van der Waals surface area contributed by atoms with Gasteiger partial charge in [-0.2, -0.15) is 0 Å². The second-order valence-electron chi connectivity index (χ2n) is 5.29. The van der Waals surface area contributed by atoms with E-state index in [2.05, 4.69) is 50.4 Å². The Balaban J connectivity index is 1.52. The third-order valence-corrected chi connectivity index (χ3v) is 4.11. The number of rotatable bonds is 4. The second-order valence-corrected chi connectivity index (χ2v) is 6.21. The predicted octanol–water partition coefficient (Wildman–Crippen LogP) is 2.78. The van der Waals surface area contributed by atoms with Crippen LogP contribution in [0.4, 0.5) is 0 Å². The minimum Gasteiger partial charge on any atom is -0.310 e. The van der Waals surface area contributed by atoms with Crippen LogP contribution in [0.15, 0.2) is 28.7 Å². The Labute approximate surface area is 112 Å². The molecule has 0 bridgehead atoms. The van der Waals surface area contributed by atoms with Crippen molar-refractivity contribution in [1.29, 1.82) is 0 Å². The lowest BCUT2D eigenvalue weighted by atomic mass is 10.2. The van der Waals surface area contributed by atoms with Gasteiger partial charge < -0.3 is 5.32 Å². The average molecular weight is 295 g/mol. The largest absolute Gasteiger partial charge is 0.310 e. The van der Waals surface area contributed by atoms with E-state index in [-0.39, 0.29) is 0 Å². The summed E-state index contributed by atoms with van der Waals surface area (Å²) in [5.41, 5.74) is 1.41. The number of halogens is 1. The molecule has 1 N–H and O–H groups in total. The van der Waals surface area contributed by atoms with E-state index in [1.165, 1.54) is 42.4 Å². The van der Waals surface area contributed by atoms with Crippen molar-refractivity contribution in [2.75, 3.05) is 13.1 Å². The Morgan fingerprint density at radius 3 is 2.88 bits per heavy atom. The third-order valence-electron chi connectivity index (χ3n) is 3.62. The Kier molecular flexibility index (Phi) is 3.50. The molecule has 1 heterocycles. The topological polar surface area (TPSA) is 15.3 Å². The number of benzene rings is 1. The van der Waals surface area contributed by atoms with Crippen LogP contribution in [0.5, 0.6) is 0 Å². The van der Waals surface area contributed by atoms with Crippen molar-refractivity contribution in [3.05, 3.63) is 34.3 Å². The van der Waals surface area contributed by atoms with Crippen molar-refractivity contribution in [3.63, 3.8) is 0 Å². The zero-order valence-electron chi connectivity index (χ0n) is 10.0. The summed E-state index contributed by atoms with van der Waals surface area (Å²) in [4.78, 5) is 2.56. The van der Waals surface area contributed by atoms with Gasteiger partial charge in [-0.15, -0.1) is 0 Å². The smallest absolute Gasteiger partial charge is 0.0234 e. The van der Waals surface area contributed by atoms with E-state index in [1.807, 2.05) is 0 Å². The zero-order valence-corrected chi connectivity index (χ0v) is 11.6. The third kappa shape index (κ3) is 3.30. The van der Waals surface area contributed by atoms with Crippen molar-refractivity contribution in [2.24, 2.45) is 0 Å². The summed E-state index contributed by atoms with van der Waals surface area (Å²) in [6.07, 6.45) is 4.09. The van der Waals surface area contributed by atoms with E-state index in [0.717, 1.165) is 18.6 Å². The molecule has 2 nitrogen and oxygen atoms in total. The first-order valence-corrected chi connectivity index (χ1v) is 7.32. The van der Waals surface area contributed by atoms with Crippen molar-refractivity contribution in [2.45, 2.75) is 37.9 Å². The van der Waals surface area contributed by atoms with Crippen molar-refractivity contribution in [1.82, 2.24) is 10.2 Å². The van der Waals surface area contributed by atoms with E-state index >= 15 is 0 Å². The summed E-state index contributed by atoms with van der Waals surface area (Å²) in [5, 5.41) is 3.73. The van der Waals surface area contributed by atoms with Gasteiger partial charge in [0.15, 0.2) is 0 Å². The fraction of sp³-hybridized carbons (Fsp3) is 0.571. The van der Waals surface area contributed by atoms with Crippen LogP contribution in [0.25, 0.3) is 0 Å². The quantitative estimate of drug-likeness (QED) is 0.919. The minimum absolute atomic E-state index is 0.731. The van der Waals surface area contributed by atoms with Crippen LogP contribution >= 0.6 is 15.9 Å². The van der Waals surface area contributed by atoms with E-state index < -0.39 is 0 Å². The summed E-state index contributed by atoms with van der Waals surface area (Å²) in [5.74, 6) is 0. The SMILES string of the molecule is Brc1cccc(CN2CCC(NC3CC3)C2)c1. The lowest BCUT2D eigenvalue weighted by molar-refractivity contribution is 0.319. The zero-order chi connectivity index (χ0) is 11.7. The predicted molar refractivity (Wildman–Crippen MR) is 74.0 cm³/mol. The fourth-order valence-electron chi connectivity index (χ4n) is 2.59. The Bertz CT molecular complexity index is 390. The first-order valence-electron chi connectivity index (χ1n) is 6.52. The highest BCUT2D eigenvalue weighted by atomic mass is 79.9. The van der Waals surface area contributed by atoms with Gasteiger partial charge in [0.25, 0.3) is 0 Å². The standard InChI is InChI=1S/C14H19BrN2/c15-12-3-1-2-11(8-12)9-17-7-6-14(10-17)16-13-4-5-13/h1-3,8,13-14,16H,4-7,9-10H2. The Hall–Kier alpha value is -0.380. The van der Waals surface area contributed by atoms with Crippen molar-refractivity contribution >= 4 is 15.9 Å². The maximum atomic E-state index is 3.73. The van der Waals surface area contributed by atoms with E-state index in [9.17, 15) is 0 Å². The highest BCUT2D eigenvalue weighted by molar-refractivity contribution is 9.10. The van der Waals surface area contributed by atoms with E-state index in [0.29, 0.717) is 0 Å². The summed E-state index contributed by atoms with van der Waals surface area (Å²) in [6.45, 7) is 3.53. The van der Waals surface area contributed by atoms with Crippen LogP contribution in [0, 0.1) is 0 Å². The van der Waals surface area contributed by atoms with Crippen LogP contribution in [0.2, 0.25) is 0 Å². The number of hydrogen-bond acceptors (Lipinski definition) is 2. The summed E-state index contributed by atoms with van der Waals surface area (Å²) in [6, 6.07) is 10.2. The fourth-order valence-corrected chi connectivity index (χ4v) is 3.04. The highest BCUT2D eigenvalue weighted by Gasteiger charge is 2.28. The molecule has 1 saturated heterocycles. The molecule has 1 aromatic rings. The monoisotopic (exact) mass is 294 g/mol. The van der Waals surface area contributed by atoms with E-state index in [1.54, 1.807) is 0 Å². The van der Waals surface area contributed by atoms with Crippen LogP contribution < -0.4 is 5.32 Å². The molecule has 0 radical (unpaired) electrons. The number of hydrogen-bond donors (Lipinski definition) is 1. The molecular weight excluding hydrogens is 276 g/mol. The molecule has 2 aliphatic rings. The van der Waals surface area contributed by atoms with Crippen LogP contribution in [-0.4, -0.2) is 30.1 Å². The molecular formula is C14H19BrN2. The molecule has 92 valence electrons. The number of likely N-dealkylation sites (tertiary alicyclic amines) is 1. The molecule has 1 aromatic carbocycles. The first-order chi connectivity index (χ1) is 8.29. The molecule has 1 unspecified atom stereocenters. The normalized spacial score (nSPS) is 25.4. The van der Waals surface area contributed by atoms with Gasteiger partial charge in [0.05, 0.1) is 0 Å². The van der Waals surface area contributed by atoms with Crippen LogP contribution in [0.3, 0.4) is 0 Å². The molecule has 17 heavy (non-hydrogen) atoms. The molecule has 1 aliphatic carbocycles. The molecule has 0 amide bonds. The van der Waals surface area contributed by atoms with Crippen LogP contribution in [-0.2, 0) is 6.54 Å². The van der Waals surface area contributed by atoms with Gasteiger partial charge >= 0.3 is 0 Å². The van der Waals surface area contributed by atoms with Gasteiger partial charge in [-0.3, -0.25) is 4.90 Å². The lowest BCUT2D eigenvalue weighted by Gasteiger charge is -2.16. The number of nitrogens with one attached hydrogen (secondary N) is 1. The summed E-state index contributed by atoms with van der Waals surface area (Å²) < 4.78 is 1.18. The minimum atomic E-state index is 0.731. The maximum absolute atomic E-state index is 3.73. The molecule has 1 aliphatic heterocycles. The lowest BCUT2D eigenvalue weighted by Crippen LogP contribution is -2.33. The van der Waals surface area contributed by atoms with Crippen LogP contribution in [0.1, 0.15) is 24.8 Å². The van der Waals surface area contributed by atoms with Gasteiger partial charge in [-0.1, -0.05) is 28.1 Å². The second kappa shape index (κ2) is 5.09. The van der Waals surface area contributed by atoms with Crippen molar-refractivity contribution < 1.29 is 0 Å². The maximum Gasteiger partial charge on any atom is 0.0234 e. The average Bonchev–Trinajstić information content (AvgIpc) is 2.99. The van der Waals surface area contributed by atoms with E-state index in [4.69, 9.17) is 0 Å². The molecule has 3 heteroatoms. The first kappa shape index (κ1) is 11.7. The molecule has 0 spiro atoms. The van der Waals surface area contributed by atoms with Gasteiger partial charge in [0.2, 0.25) is 0 Å². The van der Waals surface area contributed by atoms with Gasteiger partial charge in [0, 0.05) is 36.2 Å². The van der Waals surface area contributed by atoms with Gasteiger partial charge in [-0.05, 0) is 37.0 Å². The highest BCUT2D eigenvalue weighted by Crippen LogP contribution is 2.23. The summed E-state index contributed by atoms with van der Waals surface area (Å²) >= 11 is 3.53. The number of nitrogens with zero attached hydrogens (tertiary/aromatic N) is 1.